The summed E-state index contributed by atoms with van der Waals surface area (Å²) < 4.78 is 16.7. The molecule has 0 spiro atoms. The summed E-state index contributed by atoms with van der Waals surface area (Å²) in [7, 11) is 1.63. The summed E-state index contributed by atoms with van der Waals surface area (Å²) in [5.41, 5.74) is 1.96. The van der Waals surface area contributed by atoms with Crippen molar-refractivity contribution >= 4 is 12.0 Å². The highest BCUT2D eigenvalue weighted by atomic mass is 16.5. The third-order valence-electron chi connectivity index (χ3n) is 6.98. The molecule has 2 fully saturated rings. The van der Waals surface area contributed by atoms with Gasteiger partial charge in [0.15, 0.2) is 0 Å². The van der Waals surface area contributed by atoms with E-state index in [1.54, 1.807) is 7.11 Å². The van der Waals surface area contributed by atoms with Crippen LogP contribution in [0.3, 0.4) is 0 Å². The number of ether oxygens (including phenoxy) is 2. The molecule has 5 rings (SSSR count). The van der Waals surface area contributed by atoms with Crippen molar-refractivity contribution in [2.45, 2.75) is 25.5 Å². The highest BCUT2D eigenvalue weighted by molar-refractivity contribution is 5.74. The van der Waals surface area contributed by atoms with E-state index >= 15 is 0 Å². The number of benzene rings is 1. The van der Waals surface area contributed by atoms with Gasteiger partial charge in [0.1, 0.15) is 5.75 Å². The Balaban J connectivity index is 0.970. The molecule has 0 radical (unpaired) electrons. The molecule has 4 heterocycles. The third-order valence-corrected chi connectivity index (χ3v) is 6.98. The molecule has 2 aliphatic heterocycles. The van der Waals surface area contributed by atoms with Crippen molar-refractivity contribution in [3.05, 3.63) is 54.4 Å². The van der Waals surface area contributed by atoms with Gasteiger partial charge in [-0.05, 0) is 49.2 Å². The van der Waals surface area contributed by atoms with Crippen molar-refractivity contribution in [3.63, 3.8) is 0 Å². The van der Waals surface area contributed by atoms with Crippen molar-refractivity contribution in [1.29, 1.82) is 0 Å². The SMILES string of the molecule is COc1ccc(-c2noc(N3CCN(C(=O)NCCOC4CCN(Cc5ccccn5)CC4)CC3)n2)cc1. The van der Waals surface area contributed by atoms with Crippen molar-refractivity contribution in [3.8, 4) is 17.1 Å². The van der Waals surface area contributed by atoms with Crippen LogP contribution in [-0.2, 0) is 11.3 Å². The minimum atomic E-state index is -0.0668. The number of rotatable bonds is 9. The van der Waals surface area contributed by atoms with Crippen molar-refractivity contribution in [2.24, 2.45) is 0 Å². The predicted molar refractivity (Wildman–Crippen MR) is 142 cm³/mol. The fourth-order valence-electron chi connectivity index (χ4n) is 4.75. The summed E-state index contributed by atoms with van der Waals surface area (Å²) in [5.74, 6) is 1.30. The maximum absolute atomic E-state index is 12.6. The number of hydrogen-bond donors (Lipinski definition) is 1. The van der Waals surface area contributed by atoms with Gasteiger partial charge < -0.3 is 29.1 Å². The molecule has 38 heavy (non-hydrogen) atoms. The number of urea groups is 1. The molecule has 0 bridgehead atoms. The van der Waals surface area contributed by atoms with Crippen LogP contribution < -0.4 is 15.0 Å². The molecule has 0 atom stereocenters. The van der Waals surface area contributed by atoms with Gasteiger partial charge in [-0.3, -0.25) is 9.88 Å². The number of carbonyl (C=O) groups is 1. The maximum Gasteiger partial charge on any atom is 0.324 e. The Bertz CT molecular complexity index is 1140. The monoisotopic (exact) mass is 521 g/mol. The number of piperidine rings is 1. The number of likely N-dealkylation sites (tertiary alicyclic amines) is 1. The van der Waals surface area contributed by atoms with E-state index in [0.717, 1.165) is 49.5 Å². The molecule has 1 aromatic carbocycles. The lowest BCUT2D eigenvalue weighted by molar-refractivity contribution is 0.00764. The van der Waals surface area contributed by atoms with Crippen LogP contribution in [-0.4, -0.2) is 96.6 Å². The number of pyridine rings is 1. The van der Waals surface area contributed by atoms with Gasteiger partial charge in [-0.2, -0.15) is 4.98 Å². The summed E-state index contributed by atoms with van der Waals surface area (Å²) in [6, 6.07) is 14.0. The van der Waals surface area contributed by atoms with E-state index in [1.165, 1.54) is 0 Å². The second-order valence-corrected chi connectivity index (χ2v) is 9.50. The minimum absolute atomic E-state index is 0.0668. The smallest absolute Gasteiger partial charge is 0.324 e. The number of carbonyl (C=O) groups excluding carboxylic acids is 1. The lowest BCUT2D eigenvalue weighted by atomic mass is 10.1. The van der Waals surface area contributed by atoms with Gasteiger partial charge in [0.2, 0.25) is 5.82 Å². The minimum Gasteiger partial charge on any atom is -0.497 e. The Kier molecular flexibility index (Phi) is 8.67. The molecule has 1 N–H and O–H groups in total. The number of nitrogens with zero attached hydrogens (tertiary/aromatic N) is 6. The van der Waals surface area contributed by atoms with Gasteiger partial charge in [0.05, 0.1) is 25.5 Å². The van der Waals surface area contributed by atoms with Gasteiger partial charge in [-0.1, -0.05) is 11.2 Å². The molecule has 0 unspecified atom stereocenters. The molecule has 11 heteroatoms. The molecular formula is C27H35N7O4. The van der Waals surface area contributed by atoms with Crippen LogP contribution in [0.4, 0.5) is 10.8 Å². The standard InChI is InChI=1S/C27H35N7O4/c1-36-23-7-5-21(6-8-23)25-30-27(38-31-25)34-17-15-33(16-18-34)26(35)29-12-19-37-24-9-13-32(14-10-24)20-22-4-2-3-11-28-22/h2-8,11,24H,9-10,12-20H2,1H3,(H,29,35). The second-order valence-electron chi connectivity index (χ2n) is 9.50. The van der Waals surface area contributed by atoms with E-state index in [2.05, 4.69) is 31.4 Å². The summed E-state index contributed by atoms with van der Waals surface area (Å²) in [6.07, 6.45) is 4.08. The highest BCUT2D eigenvalue weighted by Gasteiger charge is 2.25. The van der Waals surface area contributed by atoms with Gasteiger partial charge in [0, 0.05) is 64.1 Å². The van der Waals surface area contributed by atoms with Crippen LogP contribution in [0.25, 0.3) is 11.4 Å². The molecule has 2 aliphatic rings. The number of methoxy groups -OCH3 is 1. The van der Waals surface area contributed by atoms with E-state index in [1.807, 2.05) is 52.4 Å². The topological polar surface area (TPSA) is 109 Å². The van der Waals surface area contributed by atoms with E-state index in [4.69, 9.17) is 14.0 Å². The Labute approximate surface area is 222 Å². The number of hydrogen-bond acceptors (Lipinski definition) is 9. The fraction of sp³-hybridized carbons (Fsp3) is 0.481. The molecule has 0 aliphatic carbocycles. The van der Waals surface area contributed by atoms with Crippen LogP contribution in [0, 0.1) is 0 Å². The first-order chi connectivity index (χ1) is 18.7. The molecule has 2 amide bonds. The Morgan fingerprint density at radius 2 is 1.84 bits per heavy atom. The van der Waals surface area contributed by atoms with Crippen LogP contribution >= 0.6 is 0 Å². The fourth-order valence-corrected chi connectivity index (χ4v) is 4.75. The highest BCUT2D eigenvalue weighted by Crippen LogP contribution is 2.23. The first kappa shape index (κ1) is 25.9. The van der Waals surface area contributed by atoms with Crippen LogP contribution in [0.1, 0.15) is 18.5 Å². The first-order valence-electron chi connectivity index (χ1n) is 13.2. The molecular weight excluding hydrogens is 486 g/mol. The van der Waals surface area contributed by atoms with E-state index in [0.29, 0.717) is 51.2 Å². The quantitative estimate of drug-likeness (QED) is 0.425. The van der Waals surface area contributed by atoms with E-state index in [-0.39, 0.29) is 12.1 Å². The predicted octanol–water partition coefficient (Wildman–Crippen LogP) is 2.65. The zero-order valence-electron chi connectivity index (χ0n) is 21.8. The lowest BCUT2D eigenvalue weighted by Crippen LogP contribution is -2.52. The summed E-state index contributed by atoms with van der Waals surface area (Å²) in [6.45, 7) is 6.33. The molecule has 0 saturated carbocycles. The molecule has 2 saturated heterocycles. The summed E-state index contributed by atoms with van der Waals surface area (Å²) >= 11 is 0. The first-order valence-corrected chi connectivity index (χ1v) is 13.2. The van der Waals surface area contributed by atoms with Gasteiger partial charge >= 0.3 is 12.0 Å². The largest absolute Gasteiger partial charge is 0.497 e. The Morgan fingerprint density at radius 1 is 1.05 bits per heavy atom. The van der Waals surface area contributed by atoms with Gasteiger partial charge in [-0.15, -0.1) is 0 Å². The average molecular weight is 522 g/mol. The molecule has 3 aromatic rings. The van der Waals surface area contributed by atoms with Crippen molar-refractivity contribution in [1.82, 2.24) is 30.2 Å². The molecule has 2 aromatic heterocycles. The molecule has 202 valence electrons. The number of aromatic nitrogens is 3. The lowest BCUT2D eigenvalue weighted by Gasteiger charge is -2.33. The normalized spacial score (nSPS) is 17.0. The maximum atomic E-state index is 12.6. The van der Waals surface area contributed by atoms with Crippen molar-refractivity contribution in [2.75, 3.05) is 64.4 Å². The second kappa shape index (κ2) is 12.7. The van der Waals surface area contributed by atoms with Crippen molar-refractivity contribution < 1.29 is 18.8 Å². The zero-order valence-corrected chi connectivity index (χ0v) is 21.8. The number of anilines is 1. The van der Waals surface area contributed by atoms with Crippen LogP contribution in [0.2, 0.25) is 0 Å². The zero-order chi connectivity index (χ0) is 26.2. The number of piperazine rings is 1. The van der Waals surface area contributed by atoms with Gasteiger partial charge in [0.25, 0.3) is 0 Å². The Hall–Kier alpha value is -3.70. The summed E-state index contributed by atoms with van der Waals surface area (Å²) in [5, 5.41) is 7.09. The van der Waals surface area contributed by atoms with Crippen LogP contribution in [0.5, 0.6) is 5.75 Å². The number of nitrogens with one attached hydrogen (secondary N) is 1. The number of amides is 2. The molecule has 11 nitrogen and oxygen atoms in total. The summed E-state index contributed by atoms with van der Waals surface area (Å²) in [4.78, 5) is 27.8. The Morgan fingerprint density at radius 3 is 2.55 bits per heavy atom. The van der Waals surface area contributed by atoms with E-state index in [9.17, 15) is 4.79 Å². The third kappa shape index (κ3) is 6.78. The van der Waals surface area contributed by atoms with E-state index < -0.39 is 0 Å². The average Bonchev–Trinajstić information content (AvgIpc) is 3.47. The van der Waals surface area contributed by atoms with Crippen LogP contribution in [0.15, 0.2) is 53.2 Å². The van der Waals surface area contributed by atoms with Gasteiger partial charge in [-0.25, -0.2) is 4.79 Å².